The summed E-state index contributed by atoms with van der Waals surface area (Å²) in [6, 6.07) is 16.2. The molecular formula is C23H24N2O3. The lowest BCUT2D eigenvalue weighted by Crippen LogP contribution is -2.42. The first kappa shape index (κ1) is 20.8. The lowest BCUT2D eigenvalue weighted by molar-refractivity contribution is -0.146. The summed E-state index contributed by atoms with van der Waals surface area (Å²) < 4.78 is 4.93. The number of esters is 1. The number of amides is 1. The van der Waals surface area contributed by atoms with Crippen molar-refractivity contribution in [3.8, 4) is 11.8 Å². The Balaban J connectivity index is 2.11. The average molecular weight is 376 g/mol. The first-order valence-electron chi connectivity index (χ1n) is 8.89. The number of ether oxygens (including phenoxy) is 1. The van der Waals surface area contributed by atoms with Crippen molar-refractivity contribution in [2.45, 2.75) is 19.4 Å². The molecule has 0 bridgehead atoms. The average Bonchev–Trinajstić information content (AvgIpc) is 2.70. The van der Waals surface area contributed by atoms with Gasteiger partial charge in [0.25, 0.3) is 5.91 Å². The van der Waals surface area contributed by atoms with Crippen molar-refractivity contribution in [2.24, 2.45) is 11.7 Å². The van der Waals surface area contributed by atoms with E-state index < -0.39 is 23.8 Å². The van der Waals surface area contributed by atoms with E-state index in [1.807, 2.05) is 54.6 Å². The largest absolute Gasteiger partial charge is 0.469 e. The molecule has 28 heavy (non-hydrogen) atoms. The van der Waals surface area contributed by atoms with Crippen molar-refractivity contribution in [3.05, 3.63) is 77.9 Å². The van der Waals surface area contributed by atoms with Crippen molar-refractivity contribution in [1.82, 2.24) is 5.32 Å². The van der Waals surface area contributed by atoms with Gasteiger partial charge in [-0.3, -0.25) is 9.59 Å². The van der Waals surface area contributed by atoms with Gasteiger partial charge in [-0.1, -0.05) is 48.9 Å². The van der Waals surface area contributed by atoms with Gasteiger partial charge in [0.05, 0.1) is 13.0 Å². The Bertz CT molecular complexity index is 910. The third kappa shape index (κ3) is 6.03. The van der Waals surface area contributed by atoms with Gasteiger partial charge in [0.2, 0.25) is 0 Å². The predicted octanol–water partition coefficient (Wildman–Crippen LogP) is 2.50. The normalized spacial score (nSPS) is 12.1. The van der Waals surface area contributed by atoms with Crippen LogP contribution in [0.5, 0.6) is 0 Å². The van der Waals surface area contributed by atoms with Gasteiger partial charge >= 0.3 is 5.97 Å². The molecule has 2 atom stereocenters. The summed E-state index contributed by atoms with van der Waals surface area (Å²) in [7, 11) is 1.33. The summed E-state index contributed by atoms with van der Waals surface area (Å²) in [4.78, 5) is 24.5. The predicted molar refractivity (Wildman–Crippen MR) is 110 cm³/mol. The molecule has 0 heterocycles. The molecule has 0 aliphatic heterocycles. The molecule has 0 aliphatic carbocycles. The lowest BCUT2D eigenvalue weighted by Gasteiger charge is -2.22. The Labute approximate surface area is 165 Å². The van der Waals surface area contributed by atoms with Gasteiger partial charge in [0, 0.05) is 23.2 Å². The highest BCUT2D eigenvalue weighted by molar-refractivity contribution is 5.94. The highest BCUT2D eigenvalue weighted by Crippen LogP contribution is 2.17. The fourth-order valence-corrected chi connectivity index (χ4v) is 2.76. The molecule has 5 heteroatoms. The van der Waals surface area contributed by atoms with E-state index in [1.165, 1.54) is 7.11 Å². The molecule has 0 aromatic heterocycles. The monoisotopic (exact) mass is 376 g/mol. The van der Waals surface area contributed by atoms with Gasteiger partial charge in [-0.15, -0.1) is 0 Å². The lowest BCUT2D eigenvalue weighted by atomic mass is 9.92. The number of nitrogens with one attached hydrogen (secondary N) is 1. The number of hydrogen-bond donors (Lipinski definition) is 2. The maximum Gasteiger partial charge on any atom is 0.311 e. The molecule has 144 valence electrons. The first-order valence-corrected chi connectivity index (χ1v) is 8.89. The summed E-state index contributed by atoms with van der Waals surface area (Å²) >= 11 is 0. The molecule has 5 nitrogen and oxygen atoms in total. The van der Waals surface area contributed by atoms with E-state index in [4.69, 9.17) is 10.5 Å². The second-order valence-corrected chi connectivity index (χ2v) is 6.44. The topological polar surface area (TPSA) is 81.4 Å². The number of methoxy groups -OCH3 is 1. The van der Waals surface area contributed by atoms with Crippen LogP contribution in [0.25, 0.3) is 5.70 Å². The molecule has 2 rings (SSSR count). The van der Waals surface area contributed by atoms with Gasteiger partial charge in [0.1, 0.15) is 0 Å². The first-order chi connectivity index (χ1) is 13.4. The second-order valence-electron chi connectivity index (χ2n) is 6.44. The second kappa shape index (κ2) is 9.98. The van der Waals surface area contributed by atoms with Crippen LogP contribution >= 0.6 is 0 Å². The molecule has 2 aromatic rings. The summed E-state index contributed by atoms with van der Waals surface area (Å²) in [6.45, 7) is 5.49. The summed E-state index contributed by atoms with van der Waals surface area (Å²) in [5, 5.41) is 2.77. The van der Waals surface area contributed by atoms with Crippen LogP contribution in [0.1, 0.15) is 23.6 Å². The van der Waals surface area contributed by atoms with E-state index in [2.05, 4.69) is 23.7 Å². The molecule has 0 radical (unpaired) electrons. The Morgan fingerprint density at radius 2 is 1.89 bits per heavy atom. The number of benzene rings is 2. The van der Waals surface area contributed by atoms with Crippen molar-refractivity contribution >= 4 is 17.6 Å². The third-order valence-electron chi connectivity index (χ3n) is 4.31. The maximum atomic E-state index is 12.3. The van der Waals surface area contributed by atoms with Crippen LogP contribution in [0, 0.1) is 17.8 Å². The molecular weight excluding hydrogens is 352 g/mol. The number of nitrogens with two attached hydrogens (primary N) is 1. The van der Waals surface area contributed by atoms with E-state index in [9.17, 15) is 9.59 Å². The molecule has 2 unspecified atom stereocenters. The van der Waals surface area contributed by atoms with Crippen LogP contribution in [-0.2, 0) is 20.7 Å². The van der Waals surface area contributed by atoms with Crippen molar-refractivity contribution in [2.75, 3.05) is 7.11 Å². The van der Waals surface area contributed by atoms with Gasteiger partial charge < -0.3 is 15.8 Å². The minimum atomic E-state index is -0.561. The highest BCUT2D eigenvalue weighted by atomic mass is 16.5. The Morgan fingerprint density at radius 1 is 1.18 bits per heavy atom. The van der Waals surface area contributed by atoms with E-state index in [0.717, 1.165) is 16.7 Å². The Hall–Kier alpha value is -3.52. The van der Waals surface area contributed by atoms with Crippen LogP contribution in [0.3, 0.4) is 0 Å². The fourth-order valence-electron chi connectivity index (χ4n) is 2.76. The number of carbonyl (C=O) groups excluding carboxylic acids is 2. The van der Waals surface area contributed by atoms with Crippen LogP contribution in [0.4, 0.5) is 0 Å². The van der Waals surface area contributed by atoms with Crippen LogP contribution < -0.4 is 11.1 Å². The number of carbonyl (C=O) groups is 2. The maximum absolute atomic E-state index is 12.3. The molecule has 0 fully saturated rings. The van der Waals surface area contributed by atoms with Gasteiger partial charge in [-0.25, -0.2) is 0 Å². The number of hydrogen-bond acceptors (Lipinski definition) is 4. The van der Waals surface area contributed by atoms with E-state index in [0.29, 0.717) is 12.1 Å². The minimum absolute atomic E-state index is 0.390. The Morgan fingerprint density at radius 3 is 2.54 bits per heavy atom. The van der Waals surface area contributed by atoms with Gasteiger partial charge in [0.15, 0.2) is 0 Å². The van der Waals surface area contributed by atoms with E-state index >= 15 is 0 Å². The van der Waals surface area contributed by atoms with Crippen LogP contribution in [0.2, 0.25) is 0 Å². The van der Waals surface area contributed by atoms with Gasteiger partial charge in [-0.2, -0.15) is 0 Å². The number of rotatable bonds is 6. The molecule has 2 aromatic carbocycles. The summed E-state index contributed by atoms with van der Waals surface area (Å²) in [5.41, 5.74) is 8.64. The third-order valence-corrected chi connectivity index (χ3v) is 4.31. The van der Waals surface area contributed by atoms with Crippen LogP contribution in [-0.4, -0.2) is 25.0 Å². The van der Waals surface area contributed by atoms with Gasteiger partial charge in [-0.05, 0) is 42.7 Å². The quantitative estimate of drug-likeness (QED) is 0.600. The Kier molecular flexibility index (Phi) is 7.41. The van der Waals surface area contributed by atoms with E-state index in [1.54, 1.807) is 6.92 Å². The summed E-state index contributed by atoms with van der Waals surface area (Å²) in [5.74, 6) is 3.94. The molecule has 0 saturated heterocycles. The van der Waals surface area contributed by atoms with Crippen LogP contribution in [0.15, 0.2) is 61.2 Å². The zero-order valence-corrected chi connectivity index (χ0v) is 16.1. The zero-order chi connectivity index (χ0) is 20.5. The van der Waals surface area contributed by atoms with Crippen molar-refractivity contribution in [3.63, 3.8) is 0 Å². The molecule has 0 saturated carbocycles. The highest BCUT2D eigenvalue weighted by Gasteiger charge is 2.27. The van der Waals surface area contributed by atoms with E-state index in [-0.39, 0.29) is 0 Å². The molecule has 0 aliphatic rings. The molecule has 3 N–H and O–H groups in total. The standard InChI is InChI=1S/C23H24N2O3/c1-16(24)20-11-7-10-19(14-20)15-21(23(27)28-3)17(2)25-22(26)13-12-18-8-5-4-6-9-18/h4-11,14,17,21H,1,15,24H2,2-3H3,(H,25,26). The smallest absolute Gasteiger partial charge is 0.311 e. The van der Waals surface area contributed by atoms with Crippen molar-refractivity contribution in [1.29, 1.82) is 0 Å². The zero-order valence-electron chi connectivity index (χ0n) is 16.1. The summed E-state index contributed by atoms with van der Waals surface area (Å²) in [6.07, 6.45) is 0.390. The molecule has 1 amide bonds. The SMILES string of the molecule is C=C(N)c1cccc(CC(C(=O)OC)C(C)NC(=O)C#Cc2ccccc2)c1. The van der Waals surface area contributed by atoms with Crippen molar-refractivity contribution < 1.29 is 14.3 Å². The minimum Gasteiger partial charge on any atom is -0.469 e. The molecule has 0 spiro atoms. The fraction of sp³-hybridized carbons (Fsp3) is 0.217.